The first-order chi connectivity index (χ1) is 24.8. The highest BCUT2D eigenvalue weighted by Gasteiger charge is 2.22. The molecule has 0 bridgehead atoms. The minimum atomic E-state index is 0.907. The number of hydrogen-bond donors (Lipinski definition) is 0. The van der Waals surface area contributed by atoms with Crippen molar-refractivity contribution >= 4 is 76.1 Å². The van der Waals surface area contributed by atoms with Gasteiger partial charge in [0.05, 0.1) is 11.0 Å². The Morgan fingerprint density at radius 3 is 1.76 bits per heavy atom. The van der Waals surface area contributed by atoms with E-state index in [4.69, 9.17) is 4.42 Å². The van der Waals surface area contributed by atoms with Gasteiger partial charge in [-0.25, -0.2) is 0 Å². The zero-order valence-corrected chi connectivity index (χ0v) is 27.0. The van der Waals surface area contributed by atoms with Gasteiger partial charge >= 0.3 is 0 Å². The molecule has 232 valence electrons. The number of hydrogen-bond acceptors (Lipinski definition) is 2. The van der Waals surface area contributed by atoms with Gasteiger partial charge in [0.2, 0.25) is 0 Å². The SMILES string of the molecule is c1ccc(-n2c3ccncc3c3cc(-c4c5ccccc5c(-c5ccc6oc7ccccc7c6c5)c5ccccc45)c4ccccc4c32)cc1. The number of aromatic nitrogens is 2. The van der Waals surface area contributed by atoms with Gasteiger partial charge in [0, 0.05) is 45.0 Å². The van der Waals surface area contributed by atoms with E-state index in [9.17, 15) is 0 Å². The first-order valence-electron chi connectivity index (χ1n) is 17.0. The van der Waals surface area contributed by atoms with Crippen molar-refractivity contribution in [2.75, 3.05) is 0 Å². The van der Waals surface area contributed by atoms with E-state index in [1.54, 1.807) is 0 Å². The van der Waals surface area contributed by atoms with Crippen LogP contribution in [0.15, 0.2) is 175 Å². The number of para-hydroxylation sites is 2. The Kier molecular flexibility index (Phi) is 5.67. The maximum atomic E-state index is 6.23. The fourth-order valence-electron chi connectivity index (χ4n) is 8.38. The minimum absolute atomic E-state index is 0.907. The zero-order chi connectivity index (χ0) is 32.8. The normalized spacial score (nSPS) is 12.0. The molecule has 3 aromatic heterocycles. The molecule has 0 unspecified atom stereocenters. The Hall–Kier alpha value is -6.71. The van der Waals surface area contributed by atoms with Gasteiger partial charge < -0.3 is 8.98 Å². The molecule has 0 spiro atoms. The number of rotatable bonds is 3. The molecule has 0 amide bonds. The number of furan rings is 1. The summed E-state index contributed by atoms with van der Waals surface area (Å²) in [5.74, 6) is 0. The van der Waals surface area contributed by atoms with Crippen molar-refractivity contribution in [2.45, 2.75) is 0 Å². The predicted octanol–water partition coefficient (Wildman–Crippen LogP) is 12.9. The lowest BCUT2D eigenvalue weighted by Crippen LogP contribution is -1.95. The van der Waals surface area contributed by atoms with Crippen molar-refractivity contribution in [3.63, 3.8) is 0 Å². The highest BCUT2D eigenvalue weighted by molar-refractivity contribution is 6.28. The van der Waals surface area contributed by atoms with E-state index in [1.807, 2.05) is 24.5 Å². The summed E-state index contributed by atoms with van der Waals surface area (Å²) >= 11 is 0. The molecule has 0 aliphatic rings. The molecule has 0 fully saturated rings. The average molecular weight is 637 g/mol. The fourth-order valence-corrected chi connectivity index (χ4v) is 8.38. The van der Waals surface area contributed by atoms with Crippen molar-refractivity contribution in [2.24, 2.45) is 0 Å². The van der Waals surface area contributed by atoms with E-state index in [-0.39, 0.29) is 0 Å². The van der Waals surface area contributed by atoms with Crippen LogP contribution >= 0.6 is 0 Å². The molecule has 0 saturated heterocycles. The number of benzene rings is 8. The van der Waals surface area contributed by atoms with Crippen LogP contribution in [0.3, 0.4) is 0 Å². The van der Waals surface area contributed by atoms with Crippen LogP contribution in [0.25, 0.3) is 104 Å². The topological polar surface area (TPSA) is 31.0 Å². The Balaban J connectivity index is 1.28. The highest BCUT2D eigenvalue weighted by atomic mass is 16.3. The number of pyridine rings is 1. The van der Waals surface area contributed by atoms with Gasteiger partial charge in [-0.05, 0) is 91.6 Å². The summed E-state index contributed by atoms with van der Waals surface area (Å²) in [4.78, 5) is 4.61. The van der Waals surface area contributed by atoms with Gasteiger partial charge in [-0.1, -0.05) is 115 Å². The van der Waals surface area contributed by atoms with Gasteiger partial charge in [0.15, 0.2) is 0 Å². The highest BCUT2D eigenvalue weighted by Crippen LogP contribution is 2.48. The van der Waals surface area contributed by atoms with Crippen LogP contribution in [0.1, 0.15) is 0 Å². The third kappa shape index (κ3) is 3.77. The molecule has 0 saturated carbocycles. The summed E-state index contributed by atoms with van der Waals surface area (Å²) in [7, 11) is 0. The maximum Gasteiger partial charge on any atom is 0.135 e. The molecule has 8 aromatic carbocycles. The number of fused-ring (bicyclic) bond motifs is 10. The van der Waals surface area contributed by atoms with Crippen LogP contribution in [0.5, 0.6) is 0 Å². The van der Waals surface area contributed by atoms with Gasteiger partial charge in [-0.2, -0.15) is 0 Å². The molecular formula is C47H28N2O. The first-order valence-corrected chi connectivity index (χ1v) is 17.0. The van der Waals surface area contributed by atoms with Crippen LogP contribution in [-0.2, 0) is 0 Å². The van der Waals surface area contributed by atoms with Crippen LogP contribution < -0.4 is 0 Å². The third-order valence-electron chi connectivity index (χ3n) is 10.4. The summed E-state index contributed by atoms with van der Waals surface area (Å²) in [6.45, 7) is 0. The van der Waals surface area contributed by atoms with Crippen molar-refractivity contribution in [1.82, 2.24) is 9.55 Å². The third-order valence-corrected chi connectivity index (χ3v) is 10.4. The quantitative estimate of drug-likeness (QED) is 0.181. The van der Waals surface area contributed by atoms with Crippen LogP contribution in [0.2, 0.25) is 0 Å². The van der Waals surface area contributed by atoms with Gasteiger partial charge in [-0.3, -0.25) is 4.98 Å². The van der Waals surface area contributed by atoms with E-state index in [0.717, 1.165) is 38.5 Å². The van der Waals surface area contributed by atoms with Gasteiger partial charge in [0.1, 0.15) is 11.2 Å². The van der Waals surface area contributed by atoms with Crippen molar-refractivity contribution < 1.29 is 4.42 Å². The Labute approximate surface area is 287 Å². The summed E-state index contributed by atoms with van der Waals surface area (Å²) in [6.07, 6.45) is 3.91. The standard InChI is InChI=1S/C47H28N2O/c1-2-12-30(13-3-1)49-42-24-25-48-28-41(42)40-27-39(31-14-4-9-20-37(31)47(40)49)46-35-18-7-5-16-33(35)45(34-17-6-8-19-36(34)46)29-22-23-44-38(26-29)32-15-10-11-21-43(32)50-44/h1-28H. The van der Waals surface area contributed by atoms with Crippen LogP contribution in [0.4, 0.5) is 0 Å². The molecule has 0 aliphatic carbocycles. The fraction of sp³-hybridized carbons (Fsp3) is 0. The lowest BCUT2D eigenvalue weighted by molar-refractivity contribution is 0.669. The molecule has 0 atom stereocenters. The van der Waals surface area contributed by atoms with Crippen LogP contribution in [-0.4, -0.2) is 9.55 Å². The molecule has 11 aromatic rings. The predicted molar refractivity (Wildman–Crippen MR) is 209 cm³/mol. The van der Waals surface area contributed by atoms with E-state index < -0.39 is 0 Å². The van der Waals surface area contributed by atoms with E-state index in [1.165, 1.54) is 65.5 Å². The van der Waals surface area contributed by atoms with Gasteiger partial charge in [-0.15, -0.1) is 0 Å². The molecule has 11 rings (SSSR count). The molecule has 3 heteroatoms. The smallest absolute Gasteiger partial charge is 0.135 e. The lowest BCUT2D eigenvalue weighted by Gasteiger charge is -2.19. The summed E-state index contributed by atoms with van der Waals surface area (Å²) in [5.41, 5.74) is 10.2. The largest absolute Gasteiger partial charge is 0.456 e. The molecule has 3 nitrogen and oxygen atoms in total. The lowest BCUT2D eigenvalue weighted by atomic mass is 9.84. The van der Waals surface area contributed by atoms with Crippen molar-refractivity contribution in [3.8, 4) is 27.9 Å². The molecular weight excluding hydrogens is 609 g/mol. The van der Waals surface area contributed by atoms with Crippen molar-refractivity contribution in [3.05, 3.63) is 170 Å². The summed E-state index contributed by atoms with van der Waals surface area (Å²) in [6, 6.07) is 56.9. The maximum absolute atomic E-state index is 6.23. The Morgan fingerprint density at radius 1 is 0.420 bits per heavy atom. The molecule has 0 radical (unpaired) electrons. The molecule has 50 heavy (non-hydrogen) atoms. The Bertz CT molecular complexity index is 3090. The minimum Gasteiger partial charge on any atom is -0.456 e. The van der Waals surface area contributed by atoms with E-state index in [2.05, 4.69) is 155 Å². The number of nitrogens with zero attached hydrogens (tertiary/aromatic N) is 2. The van der Waals surface area contributed by atoms with Crippen molar-refractivity contribution in [1.29, 1.82) is 0 Å². The zero-order valence-electron chi connectivity index (χ0n) is 27.0. The van der Waals surface area contributed by atoms with Crippen LogP contribution in [0, 0.1) is 0 Å². The monoisotopic (exact) mass is 636 g/mol. The average Bonchev–Trinajstić information content (AvgIpc) is 3.72. The second-order valence-corrected chi connectivity index (χ2v) is 13.1. The second-order valence-electron chi connectivity index (χ2n) is 13.1. The first kappa shape index (κ1) is 27.3. The molecule has 0 aliphatic heterocycles. The molecule has 3 heterocycles. The molecule has 0 N–H and O–H groups in total. The second kappa shape index (κ2) is 10.4. The van der Waals surface area contributed by atoms with E-state index >= 15 is 0 Å². The summed E-state index contributed by atoms with van der Waals surface area (Å²) < 4.78 is 8.62. The Morgan fingerprint density at radius 2 is 1.02 bits per heavy atom. The summed E-state index contributed by atoms with van der Waals surface area (Å²) in [5, 5.41) is 12.0. The van der Waals surface area contributed by atoms with E-state index in [0.29, 0.717) is 0 Å². The van der Waals surface area contributed by atoms with Gasteiger partial charge in [0.25, 0.3) is 0 Å².